The minimum Gasteiger partial charge on any atom is -0.454 e. The van der Waals surface area contributed by atoms with Crippen LogP contribution in [0.1, 0.15) is 18.2 Å². The van der Waals surface area contributed by atoms with Crippen LogP contribution in [0.5, 0.6) is 0 Å². The maximum atomic E-state index is 6.07. The highest BCUT2D eigenvalue weighted by atomic mass is 16.3. The second-order valence-electron chi connectivity index (χ2n) is 5.18. The normalized spacial score (nSPS) is 13.7. The molecular weight excluding hydrogens is 293 g/mol. The highest BCUT2D eigenvalue weighted by molar-refractivity contribution is 6.24. The molecule has 1 aromatic heterocycles. The molecule has 118 valence electrons. The molecule has 0 bridgehead atoms. The van der Waals surface area contributed by atoms with Crippen LogP contribution in [-0.2, 0) is 0 Å². The van der Waals surface area contributed by atoms with E-state index in [2.05, 4.69) is 18.2 Å². The number of allylic oxidation sites excluding steroid dienone is 7. The van der Waals surface area contributed by atoms with Crippen molar-refractivity contribution in [2.24, 2.45) is 4.99 Å². The Morgan fingerprint density at radius 3 is 2.58 bits per heavy atom. The van der Waals surface area contributed by atoms with Gasteiger partial charge in [-0.15, -0.1) is 0 Å². The molecule has 0 saturated carbocycles. The second kappa shape index (κ2) is 8.16. The van der Waals surface area contributed by atoms with Gasteiger partial charge in [0.1, 0.15) is 19.1 Å². The first-order valence-electron chi connectivity index (χ1n) is 7.73. The summed E-state index contributed by atoms with van der Waals surface area (Å²) in [6.07, 6.45) is 10.8. The molecule has 0 spiro atoms. The van der Waals surface area contributed by atoms with Gasteiger partial charge in [-0.2, -0.15) is 0 Å². The number of aryl methyl sites for hydroxylation is 1. The quantitative estimate of drug-likeness (QED) is 0.397. The Labute approximate surface area is 144 Å². The fourth-order valence-electron chi connectivity index (χ4n) is 2.35. The minimum absolute atomic E-state index is 0.423. The van der Waals surface area contributed by atoms with Crippen LogP contribution >= 0.6 is 0 Å². The molecule has 0 fully saturated rings. The minimum atomic E-state index is 0.423. The summed E-state index contributed by atoms with van der Waals surface area (Å²) < 4.78 is 6.07. The lowest BCUT2D eigenvalue weighted by molar-refractivity contribution is 0.602. The monoisotopic (exact) mass is 313 g/mol. The first-order chi connectivity index (χ1) is 11.6. The van der Waals surface area contributed by atoms with Crippen LogP contribution in [0.15, 0.2) is 94.5 Å². The molecule has 0 aliphatic rings. The van der Waals surface area contributed by atoms with Crippen molar-refractivity contribution in [2.45, 2.75) is 13.8 Å². The number of hydrogen-bond acceptors (Lipinski definition) is 2. The standard InChI is InChI=1S/C21H20BNO/c1-5-8-12-16(11-6-2)20(23-19(22)7-3)21-15(4)17-13-9-10-14-18(17)24-21/h5-14H,1-2H2,3-4H3/b12-8-,16-11+,19-7-,23-20-. The summed E-state index contributed by atoms with van der Waals surface area (Å²) in [5, 5.41) is 1.06. The topological polar surface area (TPSA) is 25.5 Å². The summed E-state index contributed by atoms with van der Waals surface area (Å²) in [5.41, 5.74) is 3.78. The lowest BCUT2D eigenvalue weighted by atomic mass is 10.00. The van der Waals surface area contributed by atoms with E-state index >= 15 is 0 Å². The van der Waals surface area contributed by atoms with Crippen LogP contribution < -0.4 is 0 Å². The highest BCUT2D eigenvalue weighted by Gasteiger charge is 2.17. The summed E-state index contributed by atoms with van der Waals surface area (Å²) in [4.78, 5) is 4.55. The molecular formula is C21H20BNO. The number of nitrogens with zero attached hydrogens (tertiary/aromatic N) is 1. The van der Waals surface area contributed by atoms with E-state index in [1.807, 2.05) is 56.3 Å². The first-order valence-corrected chi connectivity index (χ1v) is 7.73. The van der Waals surface area contributed by atoms with Crippen LogP contribution in [0.3, 0.4) is 0 Å². The molecule has 0 amide bonds. The smallest absolute Gasteiger partial charge is 0.157 e. The SMILES string of the molecule is [B]C(=C/C)/N=C(C(/C=C\C=C)=C/C=C)\c1oc2ccccc2c1C. The molecule has 2 nitrogen and oxygen atoms in total. The van der Waals surface area contributed by atoms with Crippen LogP contribution in [0, 0.1) is 6.92 Å². The van der Waals surface area contributed by atoms with Crippen molar-refractivity contribution in [3.63, 3.8) is 0 Å². The Bertz CT molecular complexity index is 878. The van der Waals surface area contributed by atoms with Crippen LogP contribution in [0.2, 0.25) is 0 Å². The molecule has 0 N–H and O–H groups in total. The first kappa shape index (κ1) is 17.5. The molecule has 2 aromatic rings. The lowest BCUT2D eigenvalue weighted by Crippen LogP contribution is -2.05. The van der Waals surface area contributed by atoms with Crippen molar-refractivity contribution < 1.29 is 4.42 Å². The number of rotatable bonds is 6. The fourth-order valence-corrected chi connectivity index (χ4v) is 2.35. The predicted molar refractivity (Wildman–Crippen MR) is 105 cm³/mol. The average molecular weight is 313 g/mol. The maximum Gasteiger partial charge on any atom is 0.157 e. The van der Waals surface area contributed by atoms with Crippen molar-refractivity contribution in [3.05, 3.63) is 96.4 Å². The second-order valence-corrected chi connectivity index (χ2v) is 5.18. The molecule has 0 unspecified atom stereocenters. The van der Waals surface area contributed by atoms with Crippen LogP contribution in [0.25, 0.3) is 11.0 Å². The Kier molecular flexibility index (Phi) is 5.97. The molecule has 0 aliphatic carbocycles. The Morgan fingerprint density at radius 2 is 1.96 bits per heavy atom. The van der Waals surface area contributed by atoms with Gasteiger partial charge in [-0.25, -0.2) is 0 Å². The van der Waals surface area contributed by atoms with Gasteiger partial charge in [-0.05, 0) is 25.5 Å². The average Bonchev–Trinajstić information content (AvgIpc) is 2.93. The summed E-state index contributed by atoms with van der Waals surface area (Å²) in [6, 6.07) is 7.91. The Hall–Kier alpha value is -2.81. The largest absolute Gasteiger partial charge is 0.454 e. The molecule has 2 radical (unpaired) electrons. The highest BCUT2D eigenvalue weighted by Crippen LogP contribution is 2.28. The van der Waals surface area contributed by atoms with Crippen LogP contribution in [-0.4, -0.2) is 13.6 Å². The number of hydrogen-bond donors (Lipinski definition) is 0. The van der Waals surface area contributed by atoms with E-state index in [0.29, 0.717) is 17.1 Å². The fraction of sp³-hybridized carbons (Fsp3) is 0.0952. The molecule has 1 aromatic carbocycles. The number of furan rings is 1. The summed E-state index contributed by atoms with van der Waals surface area (Å²) in [7, 11) is 5.95. The molecule has 3 heteroatoms. The van der Waals surface area contributed by atoms with Gasteiger partial charge < -0.3 is 4.42 Å². The van der Waals surface area contributed by atoms with Gasteiger partial charge in [0.2, 0.25) is 0 Å². The maximum absolute atomic E-state index is 6.07. The summed E-state index contributed by atoms with van der Waals surface area (Å²) >= 11 is 0. The van der Waals surface area contributed by atoms with E-state index in [1.54, 1.807) is 18.2 Å². The molecule has 0 atom stereocenters. The predicted octanol–water partition coefficient (Wildman–Crippen LogP) is 5.41. The number of aliphatic imine (C=N–C) groups is 1. The zero-order valence-corrected chi connectivity index (χ0v) is 14.1. The van der Waals surface area contributed by atoms with Gasteiger partial charge in [-0.3, -0.25) is 4.99 Å². The van der Waals surface area contributed by atoms with Crippen molar-refractivity contribution in [3.8, 4) is 0 Å². The third-order valence-electron chi connectivity index (χ3n) is 3.58. The van der Waals surface area contributed by atoms with Crippen molar-refractivity contribution in [2.75, 3.05) is 0 Å². The molecule has 0 saturated heterocycles. The zero-order chi connectivity index (χ0) is 17.5. The van der Waals surface area contributed by atoms with Crippen molar-refractivity contribution >= 4 is 24.5 Å². The number of benzene rings is 1. The van der Waals surface area contributed by atoms with E-state index in [0.717, 1.165) is 22.1 Å². The van der Waals surface area contributed by atoms with E-state index < -0.39 is 0 Å². The van der Waals surface area contributed by atoms with E-state index in [-0.39, 0.29) is 0 Å². The lowest BCUT2D eigenvalue weighted by Gasteiger charge is -2.07. The third-order valence-corrected chi connectivity index (χ3v) is 3.58. The molecule has 0 aliphatic heterocycles. The Balaban J connectivity index is 2.74. The van der Waals surface area contributed by atoms with Gasteiger partial charge in [0.05, 0.1) is 0 Å². The number of para-hydroxylation sites is 1. The molecule has 1 heterocycles. The van der Waals surface area contributed by atoms with Gasteiger partial charge in [-0.1, -0.05) is 67.8 Å². The van der Waals surface area contributed by atoms with Gasteiger partial charge in [0.25, 0.3) is 0 Å². The van der Waals surface area contributed by atoms with Gasteiger partial charge in [0.15, 0.2) is 5.76 Å². The van der Waals surface area contributed by atoms with E-state index in [1.165, 1.54) is 0 Å². The van der Waals surface area contributed by atoms with Crippen molar-refractivity contribution in [1.29, 1.82) is 0 Å². The molecule has 2 rings (SSSR count). The summed E-state index contributed by atoms with van der Waals surface area (Å²) in [6.45, 7) is 11.4. The molecule has 24 heavy (non-hydrogen) atoms. The summed E-state index contributed by atoms with van der Waals surface area (Å²) in [5.74, 6) is 0.697. The van der Waals surface area contributed by atoms with E-state index in [9.17, 15) is 0 Å². The van der Waals surface area contributed by atoms with Gasteiger partial charge >= 0.3 is 0 Å². The zero-order valence-electron chi connectivity index (χ0n) is 14.1. The van der Waals surface area contributed by atoms with Crippen molar-refractivity contribution in [1.82, 2.24) is 0 Å². The third kappa shape index (κ3) is 3.74. The Morgan fingerprint density at radius 1 is 1.21 bits per heavy atom. The van der Waals surface area contributed by atoms with E-state index in [4.69, 9.17) is 12.3 Å². The number of fused-ring (bicyclic) bond motifs is 1. The van der Waals surface area contributed by atoms with Gasteiger partial charge in [0, 0.05) is 16.5 Å². The van der Waals surface area contributed by atoms with Crippen LogP contribution in [0.4, 0.5) is 0 Å².